The molecule has 0 spiro atoms. The van der Waals surface area contributed by atoms with Crippen LogP contribution in [-0.4, -0.2) is 12.5 Å². The normalized spacial score (nSPS) is 11.7. The van der Waals surface area contributed by atoms with Crippen LogP contribution >= 0.6 is 34.5 Å². The lowest BCUT2D eigenvalue weighted by Gasteiger charge is -2.12. The second-order valence-electron chi connectivity index (χ2n) is 7.18. The second kappa shape index (κ2) is 9.82. The molecule has 0 aliphatic rings. The first kappa shape index (κ1) is 22.5. The van der Waals surface area contributed by atoms with Crippen LogP contribution < -0.4 is 10.1 Å². The lowest BCUT2D eigenvalue weighted by molar-refractivity contribution is -0.116. The minimum Gasteiger partial charge on any atom is -0.493 e. The van der Waals surface area contributed by atoms with Gasteiger partial charge < -0.3 is 14.5 Å². The van der Waals surface area contributed by atoms with Crippen LogP contribution in [0.3, 0.4) is 0 Å². The molecule has 0 atom stereocenters. The fourth-order valence-electron chi connectivity index (χ4n) is 3.47. The van der Waals surface area contributed by atoms with Crippen LogP contribution in [0.25, 0.3) is 27.7 Å². The third kappa shape index (κ3) is 4.85. The van der Waals surface area contributed by atoms with Gasteiger partial charge >= 0.3 is 0 Å². The van der Waals surface area contributed by atoms with E-state index >= 15 is 0 Å². The van der Waals surface area contributed by atoms with Crippen molar-refractivity contribution in [2.75, 3.05) is 6.61 Å². The van der Waals surface area contributed by atoms with E-state index in [0.717, 1.165) is 32.5 Å². The standard InChI is InChI=1S/C25H21Cl2NO3S/c1-3-30-23-12-24-20(21(14-31-24)18-7-6-16(26)10-22(18)27)11-19(23)15(2)9-25(29)28-13-17-5-4-8-32-17/h4-12,14H,3,13H2,1-2H3,(H,28,29)/b15-9+. The van der Waals surface area contributed by atoms with Crippen LogP contribution in [-0.2, 0) is 11.3 Å². The largest absolute Gasteiger partial charge is 0.493 e. The van der Waals surface area contributed by atoms with Gasteiger partial charge in [0, 0.05) is 44.1 Å². The molecule has 4 nitrogen and oxygen atoms in total. The molecular formula is C25H21Cl2NO3S. The Morgan fingerprint density at radius 1 is 1.19 bits per heavy atom. The molecule has 0 aliphatic carbocycles. The van der Waals surface area contributed by atoms with E-state index in [1.165, 1.54) is 0 Å². The molecule has 164 valence electrons. The van der Waals surface area contributed by atoms with E-state index in [2.05, 4.69) is 5.32 Å². The summed E-state index contributed by atoms with van der Waals surface area (Å²) < 4.78 is 11.6. The Bertz CT molecular complexity index is 1290. The monoisotopic (exact) mass is 485 g/mol. The number of amides is 1. The van der Waals surface area contributed by atoms with Gasteiger partial charge in [0.05, 0.1) is 24.4 Å². The van der Waals surface area contributed by atoms with E-state index in [1.807, 2.05) is 49.6 Å². The molecule has 0 bridgehead atoms. The highest BCUT2D eigenvalue weighted by Crippen LogP contribution is 2.40. The zero-order valence-corrected chi connectivity index (χ0v) is 19.9. The number of ether oxygens (including phenoxy) is 1. The van der Waals surface area contributed by atoms with Crippen molar-refractivity contribution in [1.82, 2.24) is 5.32 Å². The van der Waals surface area contributed by atoms with Crippen LogP contribution in [0, 0.1) is 0 Å². The van der Waals surface area contributed by atoms with Gasteiger partial charge in [0.25, 0.3) is 0 Å². The number of furan rings is 1. The first-order valence-electron chi connectivity index (χ1n) is 10.1. The Morgan fingerprint density at radius 3 is 2.75 bits per heavy atom. The maximum atomic E-state index is 12.5. The van der Waals surface area contributed by atoms with Gasteiger partial charge in [-0.25, -0.2) is 0 Å². The molecule has 0 radical (unpaired) electrons. The predicted molar refractivity (Wildman–Crippen MR) is 133 cm³/mol. The molecule has 2 heterocycles. The molecule has 32 heavy (non-hydrogen) atoms. The number of carbonyl (C=O) groups is 1. The smallest absolute Gasteiger partial charge is 0.244 e. The molecule has 0 aliphatic heterocycles. The topological polar surface area (TPSA) is 51.5 Å². The number of halogens is 2. The van der Waals surface area contributed by atoms with E-state index < -0.39 is 0 Å². The number of hydrogen-bond donors (Lipinski definition) is 1. The van der Waals surface area contributed by atoms with E-state index in [4.69, 9.17) is 32.4 Å². The molecule has 0 saturated heterocycles. The van der Waals surface area contributed by atoms with Crippen molar-refractivity contribution >= 4 is 57.0 Å². The van der Waals surface area contributed by atoms with Crippen molar-refractivity contribution in [2.24, 2.45) is 0 Å². The molecule has 2 aromatic carbocycles. The zero-order chi connectivity index (χ0) is 22.7. The summed E-state index contributed by atoms with van der Waals surface area (Å²) in [6, 6.07) is 13.1. The summed E-state index contributed by atoms with van der Waals surface area (Å²) in [6.07, 6.45) is 3.26. The van der Waals surface area contributed by atoms with Crippen LogP contribution in [0.15, 0.2) is 64.6 Å². The van der Waals surface area contributed by atoms with Crippen LogP contribution in [0.5, 0.6) is 5.75 Å². The highest BCUT2D eigenvalue weighted by molar-refractivity contribution is 7.09. The minimum absolute atomic E-state index is 0.161. The maximum Gasteiger partial charge on any atom is 0.244 e. The number of nitrogens with one attached hydrogen (secondary N) is 1. The molecule has 0 saturated carbocycles. The average molecular weight is 486 g/mol. The van der Waals surface area contributed by atoms with Crippen molar-refractivity contribution in [3.05, 3.63) is 80.7 Å². The predicted octanol–water partition coefficient (Wildman–Crippen LogP) is 7.59. The summed E-state index contributed by atoms with van der Waals surface area (Å²) in [4.78, 5) is 13.6. The SMILES string of the molecule is CCOc1cc2occ(-c3ccc(Cl)cc3Cl)c2cc1/C(C)=C/C(=O)NCc1cccs1. The van der Waals surface area contributed by atoms with Gasteiger partial charge in [0.2, 0.25) is 5.91 Å². The quantitative estimate of drug-likeness (QED) is 0.274. The molecule has 2 aromatic heterocycles. The van der Waals surface area contributed by atoms with Gasteiger partial charge in [-0.2, -0.15) is 0 Å². The van der Waals surface area contributed by atoms with Crippen LogP contribution in [0.1, 0.15) is 24.3 Å². The third-order valence-electron chi connectivity index (χ3n) is 4.99. The number of rotatable bonds is 7. The molecule has 1 amide bonds. The summed E-state index contributed by atoms with van der Waals surface area (Å²) in [6.45, 7) is 4.80. The first-order valence-corrected chi connectivity index (χ1v) is 11.7. The van der Waals surface area contributed by atoms with E-state index in [-0.39, 0.29) is 5.91 Å². The lowest BCUT2D eigenvalue weighted by atomic mass is 9.99. The first-order chi connectivity index (χ1) is 15.5. The fourth-order valence-corrected chi connectivity index (χ4v) is 4.62. The summed E-state index contributed by atoms with van der Waals surface area (Å²) in [5.41, 5.74) is 3.95. The van der Waals surface area contributed by atoms with Gasteiger partial charge in [0.1, 0.15) is 11.3 Å². The molecule has 7 heteroatoms. The van der Waals surface area contributed by atoms with E-state index in [9.17, 15) is 4.79 Å². The van der Waals surface area contributed by atoms with Crippen molar-refractivity contribution < 1.29 is 13.9 Å². The summed E-state index contributed by atoms with van der Waals surface area (Å²) in [5, 5.41) is 6.89. The van der Waals surface area contributed by atoms with E-state index in [0.29, 0.717) is 34.5 Å². The highest BCUT2D eigenvalue weighted by atomic mass is 35.5. The second-order valence-corrected chi connectivity index (χ2v) is 9.05. The molecule has 4 aromatic rings. The van der Waals surface area contributed by atoms with Gasteiger partial charge in [-0.15, -0.1) is 11.3 Å². The average Bonchev–Trinajstić information content (AvgIpc) is 3.42. The Kier molecular flexibility index (Phi) is 6.89. The lowest BCUT2D eigenvalue weighted by Crippen LogP contribution is -2.20. The van der Waals surface area contributed by atoms with Crippen LogP contribution in [0.2, 0.25) is 10.0 Å². The summed E-state index contributed by atoms with van der Waals surface area (Å²) >= 11 is 14.1. The van der Waals surface area contributed by atoms with Crippen LogP contribution in [0.4, 0.5) is 0 Å². The zero-order valence-electron chi connectivity index (χ0n) is 17.6. The Labute approximate surface area is 200 Å². The van der Waals surface area contributed by atoms with Gasteiger partial charge in [-0.05, 0) is 49.1 Å². The molecular weight excluding hydrogens is 465 g/mol. The number of hydrogen-bond acceptors (Lipinski definition) is 4. The highest BCUT2D eigenvalue weighted by Gasteiger charge is 2.17. The third-order valence-corrected chi connectivity index (χ3v) is 6.41. The van der Waals surface area contributed by atoms with Crippen molar-refractivity contribution in [3.63, 3.8) is 0 Å². The number of thiophene rings is 1. The van der Waals surface area contributed by atoms with Crippen molar-refractivity contribution in [2.45, 2.75) is 20.4 Å². The minimum atomic E-state index is -0.161. The molecule has 0 fully saturated rings. The van der Waals surface area contributed by atoms with Gasteiger partial charge in [-0.1, -0.05) is 35.3 Å². The summed E-state index contributed by atoms with van der Waals surface area (Å²) in [5.74, 6) is 0.495. The number of fused-ring (bicyclic) bond motifs is 1. The number of carbonyl (C=O) groups excluding carboxylic acids is 1. The number of benzene rings is 2. The molecule has 1 N–H and O–H groups in total. The fraction of sp³-hybridized carbons (Fsp3) is 0.160. The van der Waals surface area contributed by atoms with Crippen molar-refractivity contribution in [3.8, 4) is 16.9 Å². The van der Waals surface area contributed by atoms with Gasteiger partial charge in [-0.3, -0.25) is 4.79 Å². The Morgan fingerprint density at radius 2 is 2.03 bits per heavy atom. The molecule has 4 rings (SSSR count). The van der Waals surface area contributed by atoms with Gasteiger partial charge in [0.15, 0.2) is 0 Å². The number of allylic oxidation sites excluding steroid dienone is 1. The Hall–Kier alpha value is -2.73. The summed E-state index contributed by atoms with van der Waals surface area (Å²) in [7, 11) is 0. The van der Waals surface area contributed by atoms with E-state index in [1.54, 1.807) is 35.8 Å². The van der Waals surface area contributed by atoms with Crippen molar-refractivity contribution in [1.29, 1.82) is 0 Å². The Balaban J connectivity index is 1.71. The molecule has 0 unspecified atom stereocenters. The maximum absolute atomic E-state index is 12.5.